The van der Waals surface area contributed by atoms with E-state index < -0.39 is 0 Å². The maximum absolute atomic E-state index is 5.81. The number of benzene rings is 1. The number of ether oxygens (including phenoxy) is 1. The molecular weight excluding hydrogens is 479 g/mol. The van der Waals surface area contributed by atoms with Gasteiger partial charge in [-0.3, -0.25) is 9.89 Å². The third-order valence-electron chi connectivity index (χ3n) is 4.85. The SMILES string of the molecule is CN=C(NCCc1ccco1)NCc1ccc(CN2CC(C)OC(C)C2)cc1.I. The van der Waals surface area contributed by atoms with Crippen molar-refractivity contribution in [1.29, 1.82) is 0 Å². The van der Waals surface area contributed by atoms with E-state index in [0.29, 0.717) is 12.2 Å². The maximum atomic E-state index is 5.81. The van der Waals surface area contributed by atoms with Crippen molar-refractivity contribution < 1.29 is 9.15 Å². The molecular formula is C22H33IN4O2. The van der Waals surface area contributed by atoms with Crippen molar-refractivity contribution in [1.82, 2.24) is 15.5 Å². The lowest BCUT2D eigenvalue weighted by atomic mass is 10.1. The van der Waals surface area contributed by atoms with E-state index in [2.05, 4.69) is 58.6 Å². The average Bonchev–Trinajstić information content (AvgIpc) is 3.18. The molecule has 2 N–H and O–H groups in total. The highest BCUT2D eigenvalue weighted by atomic mass is 127. The van der Waals surface area contributed by atoms with Crippen molar-refractivity contribution in [3.05, 3.63) is 59.5 Å². The molecule has 1 fully saturated rings. The quantitative estimate of drug-likeness (QED) is 0.338. The lowest BCUT2D eigenvalue weighted by Crippen LogP contribution is -2.44. The Kier molecular flexibility index (Phi) is 9.96. The van der Waals surface area contributed by atoms with Gasteiger partial charge in [-0.15, -0.1) is 24.0 Å². The summed E-state index contributed by atoms with van der Waals surface area (Å²) in [6, 6.07) is 12.7. The molecule has 0 radical (unpaired) electrons. The van der Waals surface area contributed by atoms with Crippen LogP contribution in [-0.4, -0.2) is 49.7 Å². The minimum absolute atomic E-state index is 0. The van der Waals surface area contributed by atoms with E-state index in [1.165, 1.54) is 11.1 Å². The topological polar surface area (TPSA) is 62.0 Å². The van der Waals surface area contributed by atoms with Crippen LogP contribution in [0, 0.1) is 0 Å². The predicted molar refractivity (Wildman–Crippen MR) is 128 cm³/mol. The maximum Gasteiger partial charge on any atom is 0.191 e. The standard InChI is InChI=1S/C22H32N4O2.HI/c1-17-14-26(15-18(2)28-17)16-20-8-6-19(7-9-20)13-25-22(23-3)24-11-10-21-5-4-12-27-21;/h4-9,12,17-18H,10-11,13-16H2,1-3H3,(H2,23,24,25);1H. The third-order valence-corrected chi connectivity index (χ3v) is 4.85. The minimum Gasteiger partial charge on any atom is -0.469 e. The smallest absolute Gasteiger partial charge is 0.191 e. The second-order valence-electron chi connectivity index (χ2n) is 7.45. The molecule has 1 saturated heterocycles. The summed E-state index contributed by atoms with van der Waals surface area (Å²) in [4.78, 5) is 6.75. The molecule has 0 amide bonds. The van der Waals surface area contributed by atoms with Crippen molar-refractivity contribution in [3.63, 3.8) is 0 Å². The Balaban J connectivity index is 0.00000300. The van der Waals surface area contributed by atoms with Crippen LogP contribution in [0.25, 0.3) is 0 Å². The molecule has 7 heteroatoms. The first-order chi connectivity index (χ1) is 13.6. The molecule has 160 valence electrons. The summed E-state index contributed by atoms with van der Waals surface area (Å²) >= 11 is 0. The third kappa shape index (κ3) is 7.98. The van der Waals surface area contributed by atoms with Gasteiger partial charge in [-0.2, -0.15) is 0 Å². The number of furan rings is 1. The summed E-state index contributed by atoms with van der Waals surface area (Å²) in [5.74, 6) is 1.77. The van der Waals surface area contributed by atoms with Crippen molar-refractivity contribution in [2.75, 3.05) is 26.7 Å². The fourth-order valence-electron chi connectivity index (χ4n) is 3.60. The average molecular weight is 512 g/mol. The Bertz CT molecular complexity index is 724. The van der Waals surface area contributed by atoms with Crippen LogP contribution >= 0.6 is 24.0 Å². The predicted octanol–water partition coefficient (Wildman–Crippen LogP) is 3.41. The molecule has 1 aromatic heterocycles. The summed E-state index contributed by atoms with van der Waals surface area (Å²) in [5, 5.41) is 6.67. The van der Waals surface area contributed by atoms with Gasteiger partial charge < -0.3 is 19.8 Å². The van der Waals surface area contributed by atoms with Gasteiger partial charge in [0.1, 0.15) is 5.76 Å². The van der Waals surface area contributed by atoms with Crippen LogP contribution in [0.15, 0.2) is 52.1 Å². The molecule has 2 aromatic rings. The van der Waals surface area contributed by atoms with E-state index in [0.717, 1.165) is 50.9 Å². The number of rotatable bonds is 7. The second kappa shape index (κ2) is 12.2. The van der Waals surface area contributed by atoms with Crippen LogP contribution in [0.3, 0.4) is 0 Å². The van der Waals surface area contributed by atoms with E-state index in [1.807, 2.05) is 12.1 Å². The number of aliphatic imine (C=N–C) groups is 1. The Morgan fingerprint density at radius 1 is 1.07 bits per heavy atom. The zero-order valence-electron chi connectivity index (χ0n) is 17.6. The fraction of sp³-hybridized carbons (Fsp3) is 0.500. The molecule has 1 aliphatic heterocycles. The molecule has 0 aliphatic carbocycles. The molecule has 2 atom stereocenters. The molecule has 6 nitrogen and oxygen atoms in total. The van der Waals surface area contributed by atoms with Crippen LogP contribution in [0.4, 0.5) is 0 Å². The summed E-state index contributed by atoms with van der Waals surface area (Å²) < 4.78 is 11.2. The lowest BCUT2D eigenvalue weighted by Gasteiger charge is -2.35. The molecule has 1 aliphatic rings. The highest BCUT2D eigenvalue weighted by Crippen LogP contribution is 2.14. The monoisotopic (exact) mass is 512 g/mol. The van der Waals surface area contributed by atoms with Crippen molar-refractivity contribution in [3.8, 4) is 0 Å². The Hall–Kier alpha value is -1.58. The normalized spacial score (nSPS) is 20.2. The minimum atomic E-state index is 0. The van der Waals surface area contributed by atoms with E-state index in [1.54, 1.807) is 13.3 Å². The zero-order chi connectivity index (χ0) is 19.8. The van der Waals surface area contributed by atoms with Crippen molar-refractivity contribution in [2.24, 2.45) is 4.99 Å². The van der Waals surface area contributed by atoms with Gasteiger partial charge in [0.15, 0.2) is 5.96 Å². The first-order valence-electron chi connectivity index (χ1n) is 10.0. The molecule has 2 heterocycles. The number of halogens is 1. The molecule has 29 heavy (non-hydrogen) atoms. The molecule has 3 rings (SSSR count). The molecule has 1 aromatic carbocycles. The van der Waals surface area contributed by atoms with Gasteiger partial charge in [0.05, 0.1) is 18.5 Å². The van der Waals surface area contributed by atoms with Gasteiger partial charge in [-0.05, 0) is 37.1 Å². The number of guanidine groups is 1. The van der Waals surface area contributed by atoms with Gasteiger partial charge in [-0.25, -0.2) is 0 Å². The van der Waals surface area contributed by atoms with Crippen LogP contribution in [0.1, 0.15) is 30.7 Å². The van der Waals surface area contributed by atoms with E-state index in [-0.39, 0.29) is 24.0 Å². The first-order valence-corrected chi connectivity index (χ1v) is 10.0. The summed E-state index contributed by atoms with van der Waals surface area (Å²) in [7, 11) is 1.79. The van der Waals surface area contributed by atoms with E-state index in [4.69, 9.17) is 9.15 Å². The molecule has 0 spiro atoms. The van der Waals surface area contributed by atoms with Crippen LogP contribution in [0.2, 0.25) is 0 Å². The fourth-order valence-corrected chi connectivity index (χ4v) is 3.60. The number of nitrogens with one attached hydrogen (secondary N) is 2. The van der Waals surface area contributed by atoms with Gasteiger partial charge in [0.25, 0.3) is 0 Å². The van der Waals surface area contributed by atoms with Gasteiger partial charge in [0, 0.05) is 46.2 Å². The first kappa shape index (κ1) is 23.7. The summed E-state index contributed by atoms with van der Waals surface area (Å²) in [5.41, 5.74) is 2.58. The second-order valence-corrected chi connectivity index (χ2v) is 7.45. The van der Waals surface area contributed by atoms with Crippen LogP contribution in [0.5, 0.6) is 0 Å². The molecule has 0 bridgehead atoms. The Morgan fingerprint density at radius 2 is 1.76 bits per heavy atom. The summed E-state index contributed by atoms with van der Waals surface area (Å²) in [6.07, 6.45) is 3.14. The highest BCUT2D eigenvalue weighted by molar-refractivity contribution is 14.0. The summed E-state index contributed by atoms with van der Waals surface area (Å²) in [6.45, 7) is 8.78. The van der Waals surface area contributed by atoms with E-state index >= 15 is 0 Å². The van der Waals surface area contributed by atoms with Crippen molar-refractivity contribution in [2.45, 2.75) is 45.6 Å². The van der Waals surface area contributed by atoms with Gasteiger partial charge in [-0.1, -0.05) is 24.3 Å². The molecule has 2 unspecified atom stereocenters. The number of hydrogen-bond acceptors (Lipinski definition) is 4. The number of nitrogens with zero attached hydrogens (tertiary/aromatic N) is 2. The highest BCUT2D eigenvalue weighted by Gasteiger charge is 2.21. The van der Waals surface area contributed by atoms with Gasteiger partial charge >= 0.3 is 0 Å². The largest absolute Gasteiger partial charge is 0.469 e. The van der Waals surface area contributed by atoms with Crippen LogP contribution in [-0.2, 0) is 24.2 Å². The van der Waals surface area contributed by atoms with Crippen molar-refractivity contribution >= 4 is 29.9 Å². The Morgan fingerprint density at radius 3 is 2.38 bits per heavy atom. The zero-order valence-corrected chi connectivity index (χ0v) is 19.9. The Labute approximate surface area is 191 Å². The number of hydrogen-bond donors (Lipinski definition) is 2. The van der Waals surface area contributed by atoms with E-state index in [9.17, 15) is 0 Å². The number of morpholine rings is 1. The molecule has 0 saturated carbocycles. The van der Waals surface area contributed by atoms with Crippen LogP contribution < -0.4 is 10.6 Å². The lowest BCUT2D eigenvalue weighted by molar-refractivity contribution is -0.0704. The van der Waals surface area contributed by atoms with Gasteiger partial charge in [0.2, 0.25) is 0 Å².